The van der Waals surface area contributed by atoms with Crippen LogP contribution in [-0.2, 0) is 15.0 Å². The first kappa shape index (κ1) is 21.9. The number of rotatable bonds is 3. The highest BCUT2D eigenvalue weighted by atomic mass is 16.7. The smallest absolute Gasteiger partial charge is 0.238 e. The van der Waals surface area contributed by atoms with E-state index in [1.165, 1.54) is 6.92 Å². The van der Waals surface area contributed by atoms with E-state index in [9.17, 15) is 14.4 Å². The molecule has 0 bridgehead atoms. The van der Waals surface area contributed by atoms with E-state index in [0.29, 0.717) is 22.7 Å². The van der Waals surface area contributed by atoms with Gasteiger partial charge in [-0.15, -0.1) is 0 Å². The minimum atomic E-state index is -1.29. The van der Waals surface area contributed by atoms with Crippen molar-refractivity contribution in [2.75, 3.05) is 17.0 Å². The third-order valence-corrected chi connectivity index (χ3v) is 8.14. The van der Waals surface area contributed by atoms with Gasteiger partial charge >= 0.3 is 0 Å². The molecule has 184 valence electrons. The average Bonchev–Trinajstić information content (AvgIpc) is 3.56. The summed E-state index contributed by atoms with van der Waals surface area (Å²) in [6.07, 6.45) is 3.98. The van der Waals surface area contributed by atoms with E-state index in [1.54, 1.807) is 18.2 Å². The van der Waals surface area contributed by atoms with Crippen LogP contribution in [0.3, 0.4) is 0 Å². The Bertz CT molecular complexity index is 1560. The van der Waals surface area contributed by atoms with Gasteiger partial charge in [-0.25, -0.2) is 0 Å². The van der Waals surface area contributed by atoms with E-state index < -0.39 is 23.4 Å². The lowest BCUT2D eigenvalue weighted by atomic mass is 9.64. The zero-order chi connectivity index (χ0) is 25.5. The fourth-order valence-electron chi connectivity index (χ4n) is 6.68. The van der Waals surface area contributed by atoms with Crippen LogP contribution in [0.4, 0.5) is 11.4 Å². The van der Waals surface area contributed by atoms with Gasteiger partial charge in [0.25, 0.3) is 0 Å². The predicted molar refractivity (Wildman–Crippen MR) is 138 cm³/mol. The summed E-state index contributed by atoms with van der Waals surface area (Å²) in [5.74, 6) is -0.633. The summed E-state index contributed by atoms with van der Waals surface area (Å²) >= 11 is 0. The molecule has 0 aliphatic carbocycles. The Balaban J connectivity index is 1.50. The number of fused-ring (bicyclic) bond motifs is 7. The van der Waals surface area contributed by atoms with Crippen LogP contribution in [0.25, 0.3) is 6.08 Å². The summed E-state index contributed by atoms with van der Waals surface area (Å²) in [5, 5.41) is 3.03. The molecule has 4 aliphatic rings. The van der Waals surface area contributed by atoms with Crippen LogP contribution in [0.2, 0.25) is 0 Å². The Kier molecular flexibility index (Phi) is 4.46. The van der Waals surface area contributed by atoms with Gasteiger partial charge in [0.1, 0.15) is 5.41 Å². The highest BCUT2D eigenvalue weighted by Gasteiger charge is 2.69. The fourth-order valence-corrected chi connectivity index (χ4v) is 6.68. The van der Waals surface area contributed by atoms with Crippen molar-refractivity contribution in [3.63, 3.8) is 0 Å². The Morgan fingerprint density at radius 3 is 2.68 bits per heavy atom. The Morgan fingerprint density at radius 1 is 1.03 bits per heavy atom. The third kappa shape index (κ3) is 2.79. The topological polar surface area (TPSA) is 84.9 Å². The van der Waals surface area contributed by atoms with E-state index in [-0.39, 0.29) is 24.3 Å². The number of carbonyl (C=O) groups excluding carboxylic acids is 3. The highest BCUT2D eigenvalue weighted by molar-refractivity contribution is 6.16. The minimum Gasteiger partial charge on any atom is -0.454 e. The van der Waals surface area contributed by atoms with Crippen molar-refractivity contribution in [1.29, 1.82) is 0 Å². The molecule has 0 radical (unpaired) electrons. The number of carbonyl (C=O) groups is 3. The zero-order valence-electron chi connectivity index (χ0n) is 20.4. The van der Waals surface area contributed by atoms with Crippen molar-refractivity contribution in [3.8, 4) is 11.5 Å². The Morgan fingerprint density at radius 2 is 1.84 bits per heavy atom. The number of nitrogens with zero attached hydrogens (tertiary/aromatic N) is 1. The molecule has 3 aromatic rings. The molecule has 0 unspecified atom stereocenters. The summed E-state index contributed by atoms with van der Waals surface area (Å²) in [5.41, 5.74) is 3.38. The fraction of sp³-hybridized carbons (Fsp3) is 0.233. The molecular weight excluding hydrogens is 468 g/mol. The molecule has 0 saturated carbocycles. The molecule has 4 heterocycles. The van der Waals surface area contributed by atoms with Gasteiger partial charge in [0.2, 0.25) is 12.7 Å². The molecule has 1 fully saturated rings. The first-order chi connectivity index (χ1) is 17.9. The molecule has 1 N–H and O–H groups in total. The minimum absolute atomic E-state index is 0.0864. The molecule has 37 heavy (non-hydrogen) atoms. The standard InChI is InChI=1S/C30H24N2O5/c1-16-7-10-22-18(13-16)9-12-25-30(20-5-3-4-6-21(20)31-29(30)35)26(27(17(2)33)32(22)25)28(34)19-8-11-23-24(14-19)37-15-36-23/h3-14,25-27H,15H2,1-2H3,(H,31,35)/t25-,26+,27-,30-/m1/s1. The van der Waals surface area contributed by atoms with E-state index in [2.05, 4.69) is 11.4 Å². The lowest BCUT2D eigenvalue weighted by Gasteiger charge is -2.37. The van der Waals surface area contributed by atoms with Gasteiger partial charge in [0, 0.05) is 16.9 Å². The quantitative estimate of drug-likeness (QED) is 0.550. The molecule has 4 atom stereocenters. The Hall–Kier alpha value is -4.39. The number of aryl methyl sites for hydroxylation is 1. The van der Waals surface area contributed by atoms with Crippen LogP contribution < -0.4 is 19.7 Å². The molecule has 1 spiro atoms. The van der Waals surface area contributed by atoms with Gasteiger partial charge in [-0.1, -0.05) is 42.0 Å². The summed E-state index contributed by atoms with van der Waals surface area (Å²) in [4.78, 5) is 44.1. The number of para-hydroxylation sites is 1. The van der Waals surface area contributed by atoms with Crippen molar-refractivity contribution in [1.82, 2.24) is 0 Å². The maximum atomic E-state index is 14.5. The molecule has 7 heteroatoms. The zero-order valence-corrected chi connectivity index (χ0v) is 20.4. The molecule has 0 aromatic heterocycles. The number of hydrogen-bond acceptors (Lipinski definition) is 6. The van der Waals surface area contributed by atoms with Gasteiger partial charge < -0.3 is 19.7 Å². The molecule has 3 aromatic carbocycles. The first-order valence-corrected chi connectivity index (χ1v) is 12.3. The number of amides is 1. The highest BCUT2D eigenvalue weighted by Crippen LogP contribution is 2.58. The van der Waals surface area contributed by atoms with Gasteiger partial charge in [0.15, 0.2) is 23.1 Å². The van der Waals surface area contributed by atoms with Crippen LogP contribution in [0.5, 0.6) is 11.5 Å². The van der Waals surface area contributed by atoms with Crippen LogP contribution in [-0.4, -0.2) is 36.4 Å². The van der Waals surface area contributed by atoms with Crippen molar-refractivity contribution >= 4 is 34.9 Å². The molecular formula is C30H24N2O5. The maximum Gasteiger partial charge on any atom is 0.238 e. The number of ether oxygens (including phenoxy) is 2. The summed E-state index contributed by atoms with van der Waals surface area (Å²) in [6.45, 7) is 3.61. The van der Waals surface area contributed by atoms with E-state index in [1.807, 2.05) is 60.4 Å². The number of hydrogen-bond donors (Lipinski definition) is 1. The predicted octanol–water partition coefficient (Wildman–Crippen LogP) is 4.29. The third-order valence-electron chi connectivity index (χ3n) is 8.14. The molecule has 1 amide bonds. The van der Waals surface area contributed by atoms with E-state index in [0.717, 1.165) is 22.4 Å². The van der Waals surface area contributed by atoms with Gasteiger partial charge in [-0.2, -0.15) is 0 Å². The monoisotopic (exact) mass is 492 g/mol. The molecule has 7 rings (SSSR count). The van der Waals surface area contributed by atoms with Crippen LogP contribution in [0, 0.1) is 12.8 Å². The van der Waals surface area contributed by atoms with Crippen molar-refractivity contribution in [3.05, 3.63) is 89.0 Å². The number of benzene rings is 3. The van der Waals surface area contributed by atoms with Gasteiger partial charge in [-0.3, -0.25) is 14.4 Å². The largest absolute Gasteiger partial charge is 0.454 e. The molecule has 4 aliphatic heterocycles. The number of anilines is 2. The van der Waals surface area contributed by atoms with E-state index >= 15 is 0 Å². The second-order valence-electron chi connectivity index (χ2n) is 10.1. The molecule has 1 saturated heterocycles. The summed E-state index contributed by atoms with van der Waals surface area (Å²) in [6, 6.07) is 17.2. The lowest BCUT2D eigenvalue weighted by Crippen LogP contribution is -2.51. The Labute approximate surface area is 213 Å². The van der Waals surface area contributed by atoms with Crippen LogP contribution >= 0.6 is 0 Å². The van der Waals surface area contributed by atoms with Gasteiger partial charge in [0.05, 0.1) is 18.0 Å². The van der Waals surface area contributed by atoms with Crippen molar-refractivity contribution in [2.45, 2.75) is 31.3 Å². The second kappa shape index (κ2) is 7.56. The number of ketones is 2. The van der Waals surface area contributed by atoms with Gasteiger partial charge in [-0.05, 0) is 61.4 Å². The molecule has 7 nitrogen and oxygen atoms in total. The van der Waals surface area contributed by atoms with E-state index in [4.69, 9.17) is 9.47 Å². The lowest BCUT2D eigenvalue weighted by molar-refractivity contribution is -0.122. The summed E-state index contributed by atoms with van der Waals surface area (Å²) < 4.78 is 11.0. The first-order valence-electron chi connectivity index (χ1n) is 12.3. The number of nitrogens with one attached hydrogen (secondary N) is 1. The van der Waals surface area contributed by atoms with Crippen LogP contribution in [0.1, 0.15) is 34.0 Å². The van der Waals surface area contributed by atoms with Crippen LogP contribution in [0.15, 0.2) is 66.7 Å². The SMILES string of the molecule is CC(=O)[C@@H]1[C@@H](C(=O)c2ccc3c(c2)OCO3)[C@]2(C(=O)Nc3ccccc32)[C@H]2C=Cc3cc(C)ccc3N12. The normalized spacial score (nSPS) is 26.1. The maximum absolute atomic E-state index is 14.5. The average molecular weight is 493 g/mol. The second-order valence-corrected chi connectivity index (χ2v) is 10.1. The van der Waals surface area contributed by atoms with Crippen molar-refractivity contribution in [2.24, 2.45) is 5.92 Å². The summed E-state index contributed by atoms with van der Waals surface area (Å²) in [7, 11) is 0. The van der Waals surface area contributed by atoms with Crippen molar-refractivity contribution < 1.29 is 23.9 Å². The number of Topliss-reactive ketones (excluding diaryl/α,β-unsaturated/α-hetero) is 2.